The van der Waals surface area contributed by atoms with Crippen molar-refractivity contribution < 1.29 is 14.3 Å². The SMILES string of the molecule is CCCNC(=O)[C@@H](C)N(Cc1ccc(OC)cc1)C(=O)CCSc1ccccc1. The predicted octanol–water partition coefficient (Wildman–Crippen LogP) is 4.12. The Bertz CT molecular complexity index is 765. The molecule has 2 amide bonds. The molecule has 0 bridgehead atoms. The summed E-state index contributed by atoms with van der Waals surface area (Å²) in [5, 5.41) is 2.90. The molecule has 0 heterocycles. The molecular weight excluding hydrogens is 384 g/mol. The second-order valence-electron chi connectivity index (χ2n) is 6.75. The monoisotopic (exact) mass is 414 g/mol. The van der Waals surface area contributed by atoms with Gasteiger partial charge in [0.1, 0.15) is 11.8 Å². The molecule has 0 radical (unpaired) electrons. The Kier molecular flexibility index (Phi) is 9.57. The number of carbonyl (C=O) groups is 2. The highest BCUT2D eigenvalue weighted by Gasteiger charge is 2.25. The molecule has 6 heteroatoms. The number of carbonyl (C=O) groups excluding carboxylic acids is 2. The molecule has 0 aromatic heterocycles. The summed E-state index contributed by atoms with van der Waals surface area (Å²) in [7, 11) is 1.62. The molecule has 2 aromatic rings. The molecule has 0 saturated heterocycles. The van der Waals surface area contributed by atoms with E-state index in [1.54, 1.807) is 30.7 Å². The summed E-state index contributed by atoms with van der Waals surface area (Å²) in [6.45, 7) is 4.79. The van der Waals surface area contributed by atoms with Crippen LogP contribution in [0.3, 0.4) is 0 Å². The van der Waals surface area contributed by atoms with Crippen molar-refractivity contribution >= 4 is 23.6 Å². The van der Waals surface area contributed by atoms with E-state index in [1.165, 1.54) is 0 Å². The Morgan fingerprint density at radius 1 is 1.10 bits per heavy atom. The van der Waals surface area contributed by atoms with Crippen LogP contribution in [-0.2, 0) is 16.1 Å². The molecule has 1 N–H and O–H groups in total. The molecule has 156 valence electrons. The molecule has 0 unspecified atom stereocenters. The van der Waals surface area contributed by atoms with Crippen LogP contribution in [0.4, 0.5) is 0 Å². The van der Waals surface area contributed by atoms with Gasteiger partial charge in [-0.3, -0.25) is 9.59 Å². The number of nitrogens with zero attached hydrogens (tertiary/aromatic N) is 1. The molecule has 0 fully saturated rings. The first kappa shape index (κ1) is 22.8. The molecule has 29 heavy (non-hydrogen) atoms. The van der Waals surface area contributed by atoms with Gasteiger partial charge in [0, 0.05) is 30.2 Å². The second kappa shape index (κ2) is 12.2. The topological polar surface area (TPSA) is 58.6 Å². The van der Waals surface area contributed by atoms with E-state index in [-0.39, 0.29) is 11.8 Å². The average molecular weight is 415 g/mol. The summed E-state index contributed by atoms with van der Waals surface area (Å²) in [6, 6.07) is 17.1. The number of hydrogen-bond donors (Lipinski definition) is 1. The van der Waals surface area contributed by atoms with E-state index >= 15 is 0 Å². The number of nitrogens with one attached hydrogen (secondary N) is 1. The van der Waals surface area contributed by atoms with Crippen LogP contribution in [0.5, 0.6) is 5.75 Å². The molecule has 0 aliphatic heterocycles. The zero-order valence-corrected chi connectivity index (χ0v) is 18.2. The highest BCUT2D eigenvalue weighted by Crippen LogP contribution is 2.20. The van der Waals surface area contributed by atoms with Crippen LogP contribution in [0, 0.1) is 0 Å². The number of benzene rings is 2. The summed E-state index contributed by atoms with van der Waals surface area (Å²) in [5.74, 6) is 1.29. The van der Waals surface area contributed by atoms with Gasteiger partial charge in [-0.2, -0.15) is 0 Å². The van der Waals surface area contributed by atoms with Gasteiger partial charge < -0.3 is 15.0 Å². The van der Waals surface area contributed by atoms with Crippen LogP contribution in [0.15, 0.2) is 59.5 Å². The maximum atomic E-state index is 13.0. The highest BCUT2D eigenvalue weighted by atomic mass is 32.2. The molecule has 1 atom stereocenters. The molecule has 2 aromatic carbocycles. The lowest BCUT2D eigenvalue weighted by molar-refractivity contribution is -0.140. The van der Waals surface area contributed by atoms with Gasteiger partial charge in [0.25, 0.3) is 0 Å². The number of methoxy groups -OCH3 is 1. The molecule has 2 rings (SSSR count). The first-order chi connectivity index (χ1) is 14.0. The fourth-order valence-corrected chi connectivity index (χ4v) is 3.68. The minimum Gasteiger partial charge on any atom is -0.497 e. The third-order valence-corrected chi connectivity index (χ3v) is 5.57. The van der Waals surface area contributed by atoms with E-state index < -0.39 is 6.04 Å². The van der Waals surface area contributed by atoms with Crippen molar-refractivity contribution in [3.63, 3.8) is 0 Å². The number of hydrogen-bond acceptors (Lipinski definition) is 4. The summed E-state index contributed by atoms with van der Waals surface area (Å²) in [6.07, 6.45) is 1.24. The average Bonchev–Trinajstić information content (AvgIpc) is 2.76. The summed E-state index contributed by atoms with van der Waals surface area (Å²) in [4.78, 5) is 28.3. The third kappa shape index (κ3) is 7.46. The van der Waals surface area contributed by atoms with Crippen LogP contribution in [0.25, 0.3) is 0 Å². The smallest absolute Gasteiger partial charge is 0.242 e. The van der Waals surface area contributed by atoms with Crippen molar-refractivity contribution in [2.75, 3.05) is 19.4 Å². The minimum atomic E-state index is -0.530. The first-order valence-electron chi connectivity index (χ1n) is 9.93. The van der Waals surface area contributed by atoms with Crippen LogP contribution in [0.2, 0.25) is 0 Å². The Morgan fingerprint density at radius 2 is 1.79 bits per heavy atom. The van der Waals surface area contributed by atoms with E-state index in [0.29, 0.717) is 25.3 Å². The third-order valence-electron chi connectivity index (χ3n) is 4.56. The van der Waals surface area contributed by atoms with Gasteiger partial charge in [-0.1, -0.05) is 37.3 Å². The maximum absolute atomic E-state index is 13.0. The van der Waals surface area contributed by atoms with Gasteiger partial charge in [-0.15, -0.1) is 11.8 Å². The molecule has 0 saturated carbocycles. The Morgan fingerprint density at radius 3 is 2.41 bits per heavy atom. The van der Waals surface area contributed by atoms with Crippen LogP contribution in [-0.4, -0.2) is 42.2 Å². The lowest BCUT2D eigenvalue weighted by Crippen LogP contribution is -2.47. The zero-order valence-electron chi connectivity index (χ0n) is 17.4. The fourth-order valence-electron chi connectivity index (χ4n) is 2.82. The van der Waals surface area contributed by atoms with Gasteiger partial charge in [0.15, 0.2) is 0 Å². The summed E-state index contributed by atoms with van der Waals surface area (Å²) in [5.41, 5.74) is 0.963. The normalized spacial score (nSPS) is 11.6. The molecule has 0 spiro atoms. The maximum Gasteiger partial charge on any atom is 0.242 e. The van der Waals surface area contributed by atoms with E-state index in [4.69, 9.17) is 4.74 Å². The second-order valence-corrected chi connectivity index (χ2v) is 7.92. The molecule has 0 aliphatic rings. The predicted molar refractivity (Wildman–Crippen MR) is 118 cm³/mol. The van der Waals surface area contributed by atoms with Gasteiger partial charge in [0.05, 0.1) is 7.11 Å². The fraction of sp³-hybridized carbons (Fsp3) is 0.391. The van der Waals surface area contributed by atoms with Crippen LogP contribution >= 0.6 is 11.8 Å². The Balaban J connectivity index is 2.04. The standard InChI is InChI=1S/C23H30N2O3S/c1-4-15-24-23(27)18(2)25(17-19-10-12-20(28-3)13-11-19)22(26)14-16-29-21-8-6-5-7-9-21/h5-13,18H,4,14-17H2,1-3H3,(H,24,27)/t18-/m1/s1. The van der Waals surface area contributed by atoms with E-state index in [9.17, 15) is 9.59 Å². The summed E-state index contributed by atoms with van der Waals surface area (Å²) >= 11 is 1.65. The van der Waals surface area contributed by atoms with Gasteiger partial charge in [-0.25, -0.2) is 0 Å². The van der Waals surface area contributed by atoms with E-state index in [0.717, 1.165) is 22.6 Å². The van der Waals surface area contributed by atoms with E-state index in [1.807, 2.05) is 61.5 Å². The number of rotatable bonds is 11. The van der Waals surface area contributed by atoms with Crippen molar-refractivity contribution in [2.45, 2.75) is 44.2 Å². The van der Waals surface area contributed by atoms with Crippen molar-refractivity contribution in [3.05, 3.63) is 60.2 Å². The molecule has 5 nitrogen and oxygen atoms in total. The van der Waals surface area contributed by atoms with Crippen molar-refractivity contribution in [1.29, 1.82) is 0 Å². The largest absolute Gasteiger partial charge is 0.497 e. The molecule has 0 aliphatic carbocycles. The highest BCUT2D eigenvalue weighted by molar-refractivity contribution is 7.99. The minimum absolute atomic E-state index is 0.0246. The van der Waals surface area contributed by atoms with Gasteiger partial charge >= 0.3 is 0 Å². The summed E-state index contributed by atoms with van der Waals surface area (Å²) < 4.78 is 5.20. The number of thioether (sulfide) groups is 1. The quantitative estimate of drug-likeness (QED) is 0.562. The molecular formula is C23H30N2O3S. The van der Waals surface area contributed by atoms with Crippen LogP contribution in [0.1, 0.15) is 32.3 Å². The van der Waals surface area contributed by atoms with Crippen molar-refractivity contribution in [2.24, 2.45) is 0 Å². The lowest BCUT2D eigenvalue weighted by Gasteiger charge is -2.29. The number of amides is 2. The van der Waals surface area contributed by atoms with Gasteiger partial charge in [-0.05, 0) is 43.2 Å². The van der Waals surface area contributed by atoms with Crippen LogP contribution < -0.4 is 10.1 Å². The lowest BCUT2D eigenvalue weighted by atomic mass is 10.1. The van der Waals surface area contributed by atoms with E-state index in [2.05, 4.69) is 5.32 Å². The van der Waals surface area contributed by atoms with Crippen molar-refractivity contribution in [3.8, 4) is 5.75 Å². The number of ether oxygens (including phenoxy) is 1. The van der Waals surface area contributed by atoms with Gasteiger partial charge in [0.2, 0.25) is 11.8 Å². The Labute approximate surface area is 177 Å². The Hall–Kier alpha value is -2.47. The van der Waals surface area contributed by atoms with Crippen molar-refractivity contribution in [1.82, 2.24) is 10.2 Å². The first-order valence-corrected chi connectivity index (χ1v) is 10.9. The zero-order chi connectivity index (χ0) is 21.1.